The highest BCUT2D eigenvalue weighted by Crippen LogP contribution is 2.23. The summed E-state index contributed by atoms with van der Waals surface area (Å²) in [4.78, 5) is 23.2. The number of benzene rings is 1. The van der Waals surface area contributed by atoms with Gasteiger partial charge in [0.2, 0.25) is 0 Å². The van der Waals surface area contributed by atoms with Crippen LogP contribution in [0.25, 0.3) is 10.9 Å². The van der Waals surface area contributed by atoms with E-state index in [1.165, 1.54) is 0 Å². The fourth-order valence-electron chi connectivity index (χ4n) is 3.29. The van der Waals surface area contributed by atoms with Crippen LogP contribution in [0, 0.1) is 5.82 Å². The maximum absolute atomic E-state index is 12.8. The second-order valence-electron chi connectivity index (χ2n) is 6.52. The summed E-state index contributed by atoms with van der Waals surface area (Å²) in [5.74, 6) is -0.576. The first-order valence-corrected chi connectivity index (χ1v) is 8.70. The molecule has 1 fully saturated rings. The monoisotopic (exact) mass is 354 g/mol. The van der Waals surface area contributed by atoms with Crippen molar-refractivity contribution in [2.75, 3.05) is 0 Å². The van der Waals surface area contributed by atoms with Gasteiger partial charge in [0, 0.05) is 16.9 Å². The van der Waals surface area contributed by atoms with Crippen LogP contribution < -0.4 is 10.1 Å². The molecule has 7 heteroatoms. The van der Waals surface area contributed by atoms with E-state index in [2.05, 4.69) is 20.3 Å². The Kier molecular flexibility index (Phi) is 4.51. The number of para-hydroxylation sites is 1. The molecule has 0 bridgehead atoms. The summed E-state index contributed by atoms with van der Waals surface area (Å²) in [7, 11) is 0. The first-order valence-electron chi connectivity index (χ1n) is 8.70. The van der Waals surface area contributed by atoms with Crippen molar-refractivity contribution < 1.29 is 13.9 Å². The van der Waals surface area contributed by atoms with Crippen molar-refractivity contribution in [3.8, 4) is 6.01 Å². The molecule has 2 aromatic heterocycles. The number of hydrogen-bond donors (Lipinski definition) is 2. The van der Waals surface area contributed by atoms with Crippen LogP contribution in [-0.4, -0.2) is 33.0 Å². The van der Waals surface area contributed by atoms with Gasteiger partial charge in [0.25, 0.3) is 5.91 Å². The number of rotatable bonds is 4. The van der Waals surface area contributed by atoms with E-state index in [1.807, 2.05) is 30.3 Å². The number of aromatic amines is 1. The van der Waals surface area contributed by atoms with Gasteiger partial charge in [-0.05, 0) is 37.8 Å². The molecule has 26 heavy (non-hydrogen) atoms. The summed E-state index contributed by atoms with van der Waals surface area (Å²) in [6, 6.07) is 9.98. The lowest BCUT2D eigenvalue weighted by atomic mass is 9.93. The molecule has 1 aliphatic rings. The maximum Gasteiger partial charge on any atom is 0.316 e. The number of H-pyrrole nitrogens is 1. The fourth-order valence-corrected chi connectivity index (χ4v) is 3.29. The zero-order valence-corrected chi connectivity index (χ0v) is 14.1. The van der Waals surface area contributed by atoms with Gasteiger partial charge < -0.3 is 15.0 Å². The Hall–Kier alpha value is -2.96. The van der Waals surface area contributed by atoms with Gasteiger partial charge in [0.15, 0.2) is 5.82 Å². The number of nitrogens with one attached hydrogen (secondary N) is 2. The largest absolute Gasteiger partial charge is 0.460 e. The molecule has 2 heterocycles. The minimum absolute atomic E-state index is 0.0123. The summed E-state index contributed by atoms with van der Waals surface area (Å²) in [6.07, 6.45) is 5.39. The van der Waals surface area contributed by atoms with Crippen molar-refractivity contribution in [2.24, 2.45) is 0 Å². The van der Waals surface area contributed by atoms with Crippen molar-refractivity contribution in [1.82, 2.24) is 20.3 Å². The summed E-state index contributed by atoms with van der Waals surface area (Å²) in [6.45, 7) is 0. The minimum atomic E-state index is -0.485. The van der Waals surface area contributed by atoms with Gasteiger partial charge in [-0.15, -0.1) is 0 Å². The molecule has 2 N–H and O–H groups in total. The lowest BCUT2D eigenvalue weighted by Crippen LogP contribution is -2.39. The molecule has 0 unspecified atom stereocenters. The predicted octanol–water partition coefficient (Wildman–Crippen LogP) is 3.22. The molecule has 1 saturated carbocycles. The molecular weight excluding hydrogens is 335 g/mol. The summed E-state index contributed by atoms with van der Waals surface area (Å²) in [5, 5.41) is 4.10. The number of amides is 1. The highest BCUT2D eigenvalue weighted by atomic mass is 19.1. The van der Waals surface area contributed by atoms with Crippen LogP contribution in [0.2, 0.25) is 0 Å². The first kappa shape index (κ1) is 16.5. The number of nitrogens with zero attached hydrogens (tertiary/aromatic N) is 2. The molecule has 134 valence electrons. The standard InChI is InChI=1S/C19H19FN4O2/c20-13-10-21-19(22-11-13)26-15-7-5-14(6-8-15)23-18(25)17-9-12-3-1-2-4-16(12)24-17/h1-4,9-11,14-15,24H,5-8H2,(H,23,25). The van der Waals surface area contributed by atoms with Crippen LogP contribution in [0.5, 0.6) is 6.01 Å². The third-order valence-electron chi connectivity index (χ3n) is 4.65. The van der Waals surface area contributed by atoms with Crippen LogP contribution >= 0.6 is 0 Å². The van der Waals surface area contributed by atoms with Crippen LogP contribution in [0.3, 0.4) is 0 Å². The average molecular weight is 354 g/mol. The van der Waals surface area contributed by atoms with E-state index in [0.29, 0.717) is 5.69 Å². The summed E-state index contributed by atoms with van der Waals surface area (Å²) in [5.41, 5.74) is 1.53. The van der Waals surface area contributed by atoms with Gasteiger partial charge in [-0.1, -0.05) is 18.2 Å². The fraction of sp³-hybridized carbons (Fsp3) is 0.316. The highest BCUT2D eigenvalue weighted by Gasteiger charge is 2.25. The van der Waals surface area contributed by atoms with Crippen LogP contribution in [-0.2, 0) is 0 Å². The number of carbonyl (C=O) groups excluding carboxylic acids is 1. The molecule has 0 spiro atoms. The van der Waals surface area contributed by atoms with E-state index in [-0.39, 0.29) is 24.1 Å². The highest BCUT2D eigenvalue weighted by molar-refractivity contribution is 5.98. The Labute approximate surface area is 149 Å². The molecule has 4 rings (SSSR count). The molecule has 0 radical (unpaired) electrons. The van der Waals surface area contributed by atoms with Crippen molar-refractivity contribution in [2.45, 2.75) is 37.8 Å². The third kappa shape index (κ3) is 3.66. The second-order valence-corrected chi connectivity index (χ2v) is 6.52. The third-order valence-corrected chi connectivity index (χ3v) is 4.65. The van der Waals surface area contributed by atoms with Gasteiger partial charge in [0.05, 0.1) is 12.4 Å². The number of aromatic nitrogens is 3. The zero-order valence-electron chi connectivity index (χ0n) is 14.1. The molecule has 3 aromatic rings. The normalized spacial score (nSPS) is 20.0. The number of fused-ring (bicyclic) bond motifs is 1. The van der Waals surface area contributed by atoms with E-state index < -0.39 is 5.82 Å². The molecule has 0 atom stereocenters. The van der Waals surface area contributed by atoms with Crippen LogP contribution in [0.4, 0.5) is 4.39 Å². The van der Waals surface area contributed by atoms with E-state index >= 15 is 0 Å². The van der Waals surface area contributed by atoms with Crippen molar-refractivity contribution in [3.63, 3.8) is 0 Å². The molecule has 0 saturated heterocycles. The summed E-state index contributed by atoms with van der Waals surface area (Å²) < 4.78 is 18.5. The molecule has 6 nitrogen and oxygen atoms in total. The molecule has 0 aliphatic heterocycles. The number of carbonyl (C=O) groups is 1. The van der Waals surface area contributed by atoms with E-state index in [9.17, 15) is 9.18 Å². The Morgan fingerprint density at radius 2 is 1.88 bits per heavy atom. The number of ether oxygens (including phenoxy) is 1. The topological polar surface area (TPSA) is 79.9 Å². The Balaban J connectivity index is 1.30. The number of hydrogen-bond acceptors (Lipinski definition) is 4. The molecule has 1 aliphatic carbocycles. The number of halogens is 1. The van der Waals surface area contributed by atoms with E-state index in [0.717, 1.165) is 49.0 Å². The van der Waals surface area contributed by atoms with Crippen molar-refractivity contribution in [3.05, 3.63) is 54.2 Å². The van der Waals surface area contributed by atoms with Gasteiger partial charge in [0.1, 0.15) is 11.8 Å². The SMILES string of the molecule is O=C(NC1CCC(Oc2ncc(F)cn2)CC1)c1cc2ccccc2[nH]1. The summed E-state index contributed by atoms with van der Waals surface area (Å²) >= 11 is 0. The van der Waals surface area contributed by atoms with Crippen LogP contribution in [0.15, 0.2) is 42.7 Å². The van der Waals surface area contributed by atoms with E-state index in [1.54, 1.807) is 0 Å². The molecule has 1 aromatic carbocycles. The Morgan fingerprint density at radius 1 is 1.15 bits per heavy atom. The molecule has 1 amide bonds. The predicted molar refractivity (Wildman–Crippen MR) is 94.4 cm³/mol. The molecular formula is C19H19FN4O2. The Bertz CT molecular complexity index is 868. The maximum atomic E-state index is 12.8. The van der Waals surface area contributed by atoms with Crippen molar-refractivity contribution in [1.29, 1.82) is 0 Å². The first-order chi connectivity index (χ1) is 12.7. The van der Waals surface area contributed by atoms with Crippen molar-refractivity contribution >= 4 is 16.8 Å². The Morgan fingerprint density at radius 3 is 2.62 bits per heavy atom. The smallest absolute Gasteiger partial charge is 0.316 e. The van der Waals surface area contributed by atoms with E-state index in [4.69, 9.17) is 4.74 Å². The van der Waals surface area contributed by atoms with Gasteiger partial charge in [-0.3, -0.25) is 4.79 Å². The minimum Gasteiger partial charge on any atom is -0.460 e. The average Bonchev–Trinajstić information content (AvgIpc) is 3.10. The zero-order chi connectivity index (χ0) is 17.9. The van der Waals surface area contributed by atoms with Crippen LogP contribution in [0.1, 0.15) is 36.2 Å². The van der Waals surface area contributed by atoms with Gasteiger partial charge in [-0.2, -0.15) is 0 Å². The lowest BCUT2D eigenvalue weighted by Gasteiger charge is -2.28. The van der Waals surface area contributed by atoms with Gasteiger partial charge in [-0.25, -0.2) is 14.4 Å². The lowest BCUT2D eigenvalue weighted by molar-refractivity contribution is 0.0881. The quantitative estimate of drug-likeness (QED) is 0.754. The van der Waals surface area contributed by atoms with Gasteiger partial charge >= 0.3 is 6.01 Å². The second kappa shape index (κ2) is 7.11.